The van der Waals surface area contributed by atoms with Gasteiger partial charge >= 0.3 is 12.1 Å². The topological polar surface area (TPSA) is 40.5 Å². The quantitative estimate of drug-likeness (QED) is 0.417. The Morgan fingerprint density at radius 1 is 1.12 bits per heavy atom. The first-order chi connectivity index (χ1) is 15.5. The summed E-state index contributed by atoms with van der Waals surface area (Å²) in [4.78, 5) is 13.6. The summed E-state index contributed by atoms with van der Waals surface area (Å²) >= 11 is 6.09. The molecule has 0 unspecified atom stereocenters. The van der Waals surface area contributed by atoms with Crippen LogP contribution in [-0.2, 0) is 11.0 Å². The molecule has 0 spiro atoms. The largest absolute Gasteiger partial charge is 0.481 e. The molecule has 0 bridgehead atoms. The molecule has 0 aromatic heterocycles. The molecule has 2 aromatic carbocycles. The van der Waals surface area contributed by atoms with E-state index in [2.05, 4.69) is 30.9 Å². The first-order valence-corrected chi connectivity index (χ1v) is 11.5. The van der Waals surface area contributed by atoms with Crippen molar-refractivity contribution in [1.82, 2.24) is 4.90 Å². The zero-order valence-corrected chi connectivity index (χ0v) is 19.5. The van der Waals surface area contributed by atoms with Gasteiger partial charge in [-0.1, -0.05) is 61.9 Å². The van der Waals surface area contributed by atoms with Crippen molar-refractivity contribution in [2.75, 3.05) is 6.54 Å². The summed E-state index contributed by atoms with van der Waals surface area (Å²) < 4.78 is 39.3. The fourth-order valence-electron chi connectivity index (χ4n) is 4.44. The van der Waals surface area contributed by atoms with E-state index in [1.54, 1.807) is 0 Å². The number of piperidine rings is 1. The van der Waals surface area contributed by atoms with Gasteiger partial charge in [-0.25, -0.2) is 0 Å². The van der Waals surface area contributed by atoms with E-state index >= 15 is 0 Å². The van der Waals surface area contributed by atoms with Crippen molar-refractivity contribution in [2.45, 2.75) is 51.4 Å². The molecule has 1 N–H and O–H groups in total. The molecule has 33 heavy (non-hydrogen) atoms. The van der Waals surface area contributed by atoms with Crippen molar-refractivity contribution < 1.29 is 23.1 Å². The second kappa shape index (κ2) is 10.7. The molecular weight excluding hydrogens is 451 g/mol. The molecule has 1 heterocycles. The highest BCUT2D eigenvalue weighted by molar-refractivity contribution is 6.30. The Balaban J connectivity index is 2.00. The summed E-state index contributed by atoms with van der Waals surface area (Å²) in [5.74, 6) is -0.562. The number of hydrogen-bond acceptors (Lipinski definition) is 2. The molecule has 3 rings (SSSR count). The Bertz CT molecular complexity index is 955. The Kier molecular flexibility index (Phi) is 8.24. The number of carboxylic acid groups (broad SMARTS) is 1. The maximum atomic E-state index is 13.1. The van der Waals surface area contributed by atoms with Crippen LogP contribution in [0.15, 0.2) is 60.7 Å². The van der Waals surface area contributed by atoms with Crippen LogP contribution < -0.4 is 0 Å². The first kappa shape index (κ1) is 25.3. The number of carboxylic acids is 1. The molecule has 0 saturated carbocycles. The van der Waals surface area contributed by atoms with Crippen molar-refractivity contribution in [3.8, 4) is 0 Å². The molecule has 3 nitrogen and oxygen atoms in total. The van der Waals surface area contributed by atoms with Crippen LogP contribution in [0.2, 0.25) is 5.02 Å². The Morgan fingerprint density at radius 2 is 1.76 bits per heavy atom. The van der Waals surface area contributed by atoms with Crippen LogP contribution in [0.4, 0.5) is 13.2 Å². The lowest BCUT2D eigenvalue weighted by Gasteiger charge is -2.43. The molecule has 0 radical (unpaired) electrons. The van der Waals surface area contributed by atoms with E-state index in [9.17, 15) is 23.1 Å². The van der Waals surface area contributed by atoms with Gasteiger partial charge in [-0.15, -0.1) is 0 Å². The third kappa shape index (κ3) is 6.84. The van der Waals surface area contributed by atoms with Gasteiger partial charge in [0.25, 0.3) is 0 Å². The van der Waals surface area contributed by atoms with E-state index in [1.165, 1.54) is 12.1 Å². The number of likely N-dealkylation sites (tertiary alicyclic amines) is 1. The number of benzene rings is 2. The van der Waals surface area contributed by atoms with Crippen LogP contribution in [0.25, 0.3) is 0 Å². The molecular formula is C26H29ClF3NO2. The summed E-state index contributed by atoms with van der Waals surface area (Å²) in [5, 5.41) is 9.94. The lowest BCUT2D eigenvalue weighted by atomic mass is 9.83. The van der Waals surface area contributed by atoms with E-state index < -0.39 is 17.7 Å². The Labute approximate surface area is 197 Å². The van der Waals surface area contributed by atoms with E-state index in [0.717, 1.165) is 23.3 Å². The van der Waals surface area contributed by atoms with Crippen molar-refractivity contribution in [1.29, 1.82) is 0 Å². The van der Waals surface area contributed by atoms with Gasteiger partial charge in [0.1, 0.15) is 0 Å². The third-order valence-electron chi connectivity index (χ3n) is 6.09. The van der Waals surface area contributed by atoms with Crippen molar-refractivity contribution in [3.05, 3.63) is 82.4 Å². The van der Waals surface area contributed by atoms with E-state index in [1.807, 2.05) is 24.3 Å². The van der Waals surface area contributed by atoms with Gasteiger partial charge in [-0.2, -0.15) is 13.2 Å². The highest BCUT2D eigenvalue weighted by atomic mass is 35.5. The maximum absolute atomic E-state index is 13.1. The summed E-state index contributed by atoms with van der Waals surface area (Å²) in [5.41, 5.74) is 1.10. The van der Waals surface area contributed by atoms with Crippen LogP contribution in [0.5, 0.6) is 0 Å². The van der Waals surface area contributed by atoms with E-state index in [0.29, 0.717) is 30.3 Å². The van der Waals surface area contributed by atoms with E-state index in [-0.39, 0.29) is 24.4 Å². The SMILES string of the molecule is CC(C)/C=C\[C@H](c1ccc(Cl)cc1)N1CC[C@@H](CC(=O)O)C[C@H]1c1ccc(C(F)(F)F)cc1. The highest BCUT2D eigenvalue weighted by Gasteiger charge is 2.36. The normalized spacial score (nSPS) is 20.9. The molecule has 1 fully saturated rings. The average Bonchev–Trinajstić information content (AvgIpc) is 2.74. The molecule has 3 atom stereocenters. The van der Waals surface area contributed by atoms with Crippen molar-refractivity contribution in [2.24, 2.45) is 11.8 Å². The fraction of sp³-hybridized carbons (Fsp3) is 0.423. The van der Waals surface area contributed by atoms with Crippen LogP contribution in [0.1, 0.15) is 61.9 Å². The molecule has 2 aromatic rings. The molecule has 0 amide bonds. The predicted molar refractivity (Wildman–Crippen MR) is 124 cm³/mol. The van der Waals surface area contributed by atoms with Crippen LogP contribution in [0, 0.1) is 11.8 Å². The van der Waals surface area contributed by atoms with Crippen molar-refractivity contribution in [3.63, 3.8) is 0 Å². The van der Waals surface area contributed by atoms with Gasteiger partial charge in [0.15, 0.2) is 0 Å². The number of halogens is 4. The van der Waals surface area contributed by atoms with Gasteiger partial charge in [-0.3, -0.25) is 9.69 Å². The Morgan fingerprint density at radius 3 is 2.30 bits per heavy atom. The minimum atomic E-state index is -4.40. The van der Waals surface area contributed by atoms with Gasteiger partial charge in [-0.05, 0) is 66.6 Å². The van der Waals surface area contributed by atoms with Gasteiger partial charge in [0.05, 0.1) is 11.6 Å². The van der Waals surface area contributed by atoms with Gasteiger partial charge in [0.2, 0.25) is 0 Å². The second-order valence-corrected chi connectivity index (χ2v) is 9.42. The molecule has 1 aliphatic heterocycles. The third-order valence-corrected chi connectivity index (χ3v) is 6.34. The van der Waals surface area contributed by atoms with Gasteiger partial charge in [0, 0.05) is 17.5 Å². The second-order valence-electron chi connectivity index (χ2n) is 8.99. The standard InChI is InChI=1S/C26H29ClF3NO2/c1-17(2)3-12-23(19-6-10-22(27)11-7-19)31-14-13-18(16-25(32)33)15-24(31)20-4-8-21(9-5-20)26(28,29)30/h3-12,17-18,23-24H,13-16H2,1-2H3,(H,32,33)/b12-3-/t18-,23-,24+/m1/s1. The smallest absolute Gasteiger partial charge is 0.416 e. The summed E-state index contributed by atoms with van der Waals surface area (Å²) in [6, 6.07) is 12.5. The monoisotopic (exact) mass is 479 g/mol. The molecule has 7 heteroatoms. The number of alkyl halides is 3. The number of rotatable bonds is 7. The van der Waals surface area contributed by atoms with Crippen LogP contribution in [-0.4, -0.2) is 22.5 Å². The molecule has 178 valence electrons. The first-order valence-electron chi connectivity index (χ1n) is 11.1. The molecule has 1 saturated heterocycles. The Hall–Kier alpha value is -2.31. The number of nitrogens with zero attached hydrogens (tertiary/aromatic N) is 1. The fourth-order valence-corrected chi connectivity index (χ4v) is 4.57. The maximum Gasteiger partial charge on any atom is 0.416 e. The summed E-state index contributed by atoms with van der Waals surface area (Å²) in [6.07, 6.45) is 1.18. The summed E-state index contributed by atoms with van der Waals surface area (Å²) in [6.45, 7) is 4.81. The number of hydrogen-bond donors (Lipinski definition) is 1. The lowest BCUT2D eigenvalue weighted by molar-refractivity contribution is -0.139. The highest BCUT2D eigenvalue weighted by Crippen LogP contribution is 2.42. The van der Waals surface area contributed by atoms with E-state index in [4.69, 9.17) is 11.6 Å². The number of allylic oxidation sites excluding steroid dienone is 1. The lowest BCUT2D eigenvalue weighted by Crippen LogP contribution is -2.39. The van der Waals surface area contributed by atoms with Crippen molar-refractivity contribution >= 4 is 17.6 Å². The van der Waals surface area contributed by atoms with Gasteiger partial charge < -0.3 is 5.11 Å². The number of aliphatic carboxylic acids is 1. The zero-order chi connectivity index (χ0) is 24.2. The predicted octanol–water partition coefficient (Wildman–Crippen LogP) is 7.54. The minimum Gasteiger partial charge on any atom is -0.481 e. The summed E-state index contributed by atoms with van der Waals surface area (Å²) in [7, 11) is 0. The molecule has 0 aliphatic carbocycles. The number of carbonyl (C=O) groups is 1. The van der Waals surface area contributed by atoms with Crippen LogP contribution in [0.3, 0.4) is 0 Å². The minimum absolute atomic E-state index is 0.0361. The average molecular weight is 480 g/mol. The molecule has 1 aliphatic rings. The van der Waals surface area contributed by atoms with Crippen LogP contribution >= 0.6 is 11.6 Å². The zero-order valence-electron chi connectivity index (χ0n) is 18.7.